The molecule has 2 fully saturated rings. The molecule has 0 radical (unpaired) electrons. The van der Waals surface area contributed by atoms with Crippen LogP contribution in [-0.2, 0) is 14.3 Å². The van der Waals surface area contributed by atoms with Crippen LogP contribution < -0.4 is 0 Å². The van der Waals surface area contributed by atoms with E-state index in [1.807, 2.05) is 6.92 Å². The fourth-order valence-corrected chi connectivity index (χ4v) is 2.50. The number of rotatable bonds is 6. The Kier molecular flexibility index (Phi) is 3.24. The van der Waals surface area contributed by atoms with Gasteiger partial charge in [0.25, 0.3) is 0 Å². The van der Waals surface area contributed by atoms with Gasteiger partial charge in [-0.1, -0.05) is 26.2 Å². The summed E-state index contributed by atoms with van der Waals surface area (Å²) in [5.74, 6) is -0.149. The van der Waals surface area contributed by atoms with Gasteiger partial charge in [0.05, 0.1) is 6.61 Å². The first-order chi connectivity index (χ1) is 7.65. The van der Waals surface area contributed by atoms with Gasteiger partial charge in [-0.15, -0.1) is 0 Å². The third kappa shape index (κ3) is 1.86. The predicted molar refractivity (Wildman–Crippen MR) is 61.2 cm³/mol. The average Bonchev–Trinajstić information content (AvgIpc) is 2.86. The zero-order chi connectivity index (χ0) is 11.6. The molecule has 1 heterocycles. The Labute approximate surface area is 97.5 Å². The second-order valence-electron chi connectivity index (χ2n) is 5.18. The summed E-state index contributed by atoms with van der Waals surface area (Å²) in [6.07, 6.45) is 7.77. The van der Waals surface area contributed by atoms with Crippen LogP contribution in [0.15, 0.2) is 0 Å². The lowest BCUT2D eigenvalue weighted by Gasteiger charge is -2.24. The summed E-state index contributed by atoms with van der Waals surface area (Å²) >= 11 is 0. The second-order valence-corrected chi connectivity index (χ2v) is 5.18. The molecule has 1 aliphatic heterocycles. The smallest absolute Gasteiger partial charge is 0.341 e. The zero-order valence-electron chi connectivity index (χ0n) is 10.4. The minimum Gasteiger partial charge on any atom is -0.463 e. The van der Waals surface area contributed by atoms with E-state index in [1.165, 1.54) is 19.3 Å². The number of esters is 1. The van der Waals surface area contributed by atoms with Crippen molar-refractivity contribution in [3.8, 4) is 0 Å². The number of hydrogen-bond donors (Lipinski definition) is 0. The van der Waals surface area contributed by atoms with Gasteiger partial charge in [-0.25, -0.2) is 4.79 Å². The highest BCUT2D eigenvalue weighted by Gasteiger charge is 2.74. The van der Waals surface area contributed by atoms with E-state index in [4.69, 9.17) is 9.47 Å². The maximum atomic E-state index is 11.8. The van der Waals surface area contributed by atoms with Crippen LogP contribution in [0.5, 0.6) is 0 Å². The van der Waals surface area contributed by atoms with E-state index in [-0.39, 0.29) is 11.6 Å². The Balaban J connectivity index is 1.65. The first-order valence-electron chi connectivity index (χ1n) is 6.52. The van der Waals surface area contributed by atoms with Crippen molar-refractivity contribution in [2.24, 2.45) is 0 Å². The lowest BCUT2D eigenvalue weighted by molar-refractivity contribution is -0.149. The largest absolute Gasteiger partial charge is 0.463 e. The maximum absolute atomic E-state index is 11.8. The van der Waals surface area contributed by atoms with E-state index in [1.54, 1.807) is 0 Å². The van der Waals surface area contributed by atoms with Gasteiger partial charge in [0, 0.05) is 0 Å². The van der Waals surface area contributed by atoms with Gasteiger partial charge in [0.1, 0.15) is 5.60 Å². The molecular weight excluding hydrogens is 204 g/mol. The van der Waals surface area contributed by atoms with Crippen LogP contribution in [0.1, 0.15) is 58.8 Å². The van der Waals surface area contributed by atoms with Gasteiger partial charge in [-0.3, -0.25) is 0 Å². The fourth-order valence-electron chi connectivity index (χ4n) is 2.50. The lowest BCUT2D eigenvalue weighted by atomic mass is 9.76. The number of ether oxygens (including phenoxy) is 2. The highest BCUT2D eigenvalue weighted by atomic mass is 16.7. The monoisotopic (exact) mass is 226 g/mol. The number of carbonyl (C=O) groups excluding carboxylic acids is 1. The van der Waals surface area contributed by atoms with Crippen LogP contribution in [0.2, 0.25) is 0 Å². The quantitative estimate of drug-likeness (QED) is 0.397. The summed E-state index contributed by atoms with van der Waals surface area (Å²) in [5, 5.41) is 0. The molecule has 0 aromatic carbocycles. The zero-order valence-corrected chi connectivity index (χ0v) is 10.4. The maximum Gasteiger partial charge on any atom is 0.341 e. The molecule has 1 saturated carbocycles. The van der Waals surface area contributed by atoms with E-state index in [0.29, 0.717) is 6.61 Å². The van der Waals surface area contributed by atoms with Crippen molar-refractivity contribution < 1.29 is 14.3 Å². The molecule has 3 nitrogen and oxygen atoms in total. The van der Waals surface area contributed by atoms with Gasteiger partial charge >= 0.3 is 5.97 Å². The molecule has 2 rings (SSSR count). The van der Waals surface area contributed by atoms with Crippen molar-refractivity contribution in [2.75, 3.05) is 6.61 Å². The van der Waals surface area contributed by atoms with Crippen LogP contribution >= 0.6 is 0 Å². The van der Waals surface area contributed by atoms with Crippen molar-refractivity contribution >= 4 is 5.97 Å². The minimum absolute atomic E-state index is 0.131. The fraction of sp³-hybridized carbons (Fsp3) is 0.923. The molecule has 3 heteroatoms. The molecule has 0 bridgehead atoms. The van der Waals surface area contributed by atoms with Crippen LogP contribution in [0.3, 0.4) is 0 Å². The summed E-state index contributed by atoms with van der Waals surface area (Å²) in [5.41, 5.74) is -0.747. The number of hydrogen-bond acceptors (Lipinski definition) is 3. The molecule has 92 valence electrons. The van der Waals surface area contributed by atoms with Crippen molar-refractivity contribution in [1.29, 1.82) is 0 Å². The molecule has 0 N–H and O–H groups in total. The summed E-state index contributed by atoms with van der Waals surface area (Å²) < 4.78 is 10.9. The molecule has 1 saturated heterocycles. The van der Waals surface area contributed by atoms with E-state index >= 15 is 0 Å². The Morgan fingerprint density at radius 3 is 2.56 bits per heavy atom. The van der Waals surface area contributed by atoms with Crippen molar-refractivity contribution in [2.45, 2.75) is 70.0 Å². The number of unbranched alkanes of at least 4 members (excludes halogenated alkanes) is 3. The van der Waals surface area contributed by atoms with Crippen LogP contribution in [-0.4, -0.2) is 23.8 Å². The van der Waals surface area contributed by atoms with Gasteiger partial charge in [0.15, 0.2) is 5.60 Å². The normalized spacial score (nSPS) is 29.9. The Morgan fingerprint density at radius 2 is 2.06 bits per heavy atom. The van der Waals surface area contributed by atoms with Crippen molar-refractivity contribution in [3.63, 3.8) is 0 Å². The molecule has 1 spiro atoms. The second kappa shape index (κ2) is 4.36. The Morgan fingerprint density at radius 1 is 1.31 bits per heavy atom. The van der Waals surface area contributed by atoms with Gasteiger partial charge in [-0.05, 0) is 32.6 Å². The topological polar surface area (TPSA) is 38.8 Å². The van der Waals surface area contributed by atoms with E-state index in [2.05, 4.69) is 6.92 Å². The molecule has 1 aliphatic carbocycles. The van der Waals surface area contributed by atoms with E-state index in [0.717, 1.165) is 25.7 Å². The summed E-state index contributed by atoms with van der Waals surface area (Å²) in [7, 11) is 0. The lowest BCUT2D eigenvalue weighted by Crippen LogP contribution is -2.37. The summed E-state index contributed by atoms with van der Waals surface area (Å²) in [6, 6.07) is 0. The third-order valence-electron chi connectivity index (χ3n) is 4.01. The van der Waals surface area contributed by atoms with E-state index in [9.17, 15) is 4.79 Å². The number of carbonyl (C=O) groups is 1. The Hall–Kier alpha value is -0.570. The molecule has 0 amide bonds. The molecule has 16 heavy (non-hydrogen) atoms. The summed E-state index contributed by atoms with van der Waals surface area (Å²) in [6.45, 7) is 4.60. The average molecular weight is 226 g/mol. The molecule has 0 aromatic rings. The van der Waals surface area contributed by atoms with Gasteiger partial charge < -0.3 is 9.47 Å². The summed E-state index contributed by atoms with van der Waals surface area (Å²) in [4.78, 5) is 11.8. The first-order valence-corrected chi connectivity index (χ1v) is 6.52. The SMILES string of the molecule is CCCCCCOC(=O)C1(C)OC12CCC2. The number of epoxide rings is 1. The molecule has 0 aromatic heterocycles. The minimum atomic E-state index is -0.615. The third-order valence-corrected chi connectivity index (χ3v) is 4.01. The first kappa shape index (κ1) is 11.9. The molecular formula is C13H22O3. The van der Waals surface area contributed by atoms with Gasteiger partial charge in [-0.2, -0.15) is 0 Å². The van der Waals surface area contributed by atoms with Crippen molar-refractivity contribution in [3.05, 3.63) is 0 Å². The van der Waals surface area contributed by atoms with Crippen molar-refractivity contribution in [1.82, 2.24) is 0 Å². The molecule has 2 aliphatic rings. The highest BCUT2D eigenvalue weighted by Crippen LogP contribution is 2.60. The van der Waals surface area contributed by atoms with Gasteiger partial charge in [0.2, 0.25) is 0 Å². The molecule has 1 unspecified atom stereocenters. The Bertz CT molecular complexity index is 270. The highest BCUT2D eigenvalue weighted by molar-refractivity contribution is 5.84. The van der Waals surface area contributed by atoms with Crippen LogP contribution in [0.25, 0.3) is 0 Å². The van der Waals surface area contributed by atoms with E-state index < -0.39 is 5.60 Å². The molecule has 1 atom stereocenters. The standard InChI is InChI=1S/C13H22O3/c1-3-4-5-6-10-15-11(14)12(2)13(16-12)8-7-9-13/h3-10H2,1-2H3. The predicted octanol–water partition coefficient (Wildman–Crippen LogP) is 2.82. The van der Waals surface area contributed by atoms with Crippen LogP contribution in [0, 0.1) is 0 Å². The van der Waals surface area contributed by atoms with Crippen LogP contribution in [0.4, 0.5) is 0 Å².